The molecule has 1 heterocycles. The van der Waals surface area contributed by atoms with Crippen molar-refractivity contribution < 1.29 is 9.37 Å². The van der Waals surface area contributed by atoms with Gasteiger partial charge in [-0.15, -0.1) is 0 Å². The van der Waals surface area contributed by atoms with Gasteiger partial charge in [0.15, 0.2) is 0 Å². The Morgan fingerprint density at radius 3 is 2.79 bits per heavy atom. The second kappa shape index (κ2) is 6.03. The largest absolute Gasteiger partial charge is 0.487 e. The van der Waals surface area contributed by atoms with E-state index in [9.17, 15) is 0 Å². The summed E-state index contributed by atoms with van der Waals surface area (Å²) in [6.07, 6.45) is 0. The molecule has 2 N–H and O–H groups in total. The molecule has 0 amide bonds. The lowest BCUT2D eigenvalue weighted by molar-refractivity contribution is 0.269. The molecule has 19 heavy (non-hydrogen) atoms. The van der Waals surface area contributed by atoms with E-state index in [1.165, 1.54) is 0 Å². The maximum absolute atomic E-state index is 5.69. The van der Waals surface area contributed by atoms with Crippen molar-refractivity contribution in [3.8, 4) is 17.6 Å². The molecule has 0 aliphatic carbocycles. The minimum Gasteiger partial charge on any atom is -0.487 e. The molecule has 0 aliphatic rings. The molecule has 0 unspecified atom stereocenters. The van der Waals surface area contributed by atoms with Gasteiger partial charge < -0.3 is 10.5 Å². The van der Waals surface area contributed by atoms with Gasteiger partial charge in [0.25, 0.3) is 0 Å². The van der Waals surface area contributed by atoms with Gasteiger partial charge in [0.2, 0.25) is 0 Å². The van der Waals surface area contributed by atoms with Gasteiger partial charge in [0.05, 0.1) is 6.54 Å². The summed E-state index contributed by atoms with van der Waals surface area (Å²) in [5, 5.41) is 7.47. The van der Waals surface area contributed by atoms with Gasteiger partial charge >= 0.3 is 0 Å². The molecular weight excluding hydrogens is 242 g/mol. The molecular formula is C14H15N3O2. The summed E-state index contributed by atoms with van der Waals surface area (Å²) in [4.78, 5) is 0. The van der Waals surface area contributed by atoms with Gasteiger partial charge in [-0.2, -0.15) is 0 Å². The number of rotatable bonds is 3. The van der Waals surface area contributed by atoms with Crippen molar-refractivity contribution in [3.05, 3.63) is 40.7 Å². The summed E-state index contributed by atoms with van der Waals surface area (Å²) in [5.74, 6) is 6.59. The summed E-state index contributed by atoms with van der Waals surface area (Å²) in [6.45, 7) is 4.49. The molecule has 98 valence electrons. The number of hydrogen-bond donors (Lipinski definition) is 1. The maximum Gasteiger partial charge on any atom is 0.145 e. The van der Waals surface area contributed by atoms with Crippen LogP contribution in [-0.2, 0) is 6.61 Å². The van der Waals surface area contributed by atoms with Crippen molar-refractivity contribution in [1.82, 2.24) is 10.3 Å². The third-order valence-corrected chi connectivity index (χ3v) is 2.62. The van der Waals surface area contributed by atoms with E-state index < -0.39 is 0 Å². The van der Waals surface area contributed by atoms with E-state index in [0.29, 0.717) is 18.8 Å². The lowest BCUT2D eigenvalue weighted by Crippen LogP contribution is -1.99. The van der Waals surface area contributed by atoms with Crippen molar-refractivity contribution >= 4 is 0 Å². The van der Waals surface area contributed by atoms with Crippen LogP contribution < -0.4 is 10.5 Å². The molecule has 2 rings (SSSR count). The highest BCUT2D eigenvalue weighted by atomic mass is 16.6. The van der Waals surface area contributed by atoms with Crippen LogP contribution in [0.15, 0.2) is 22.8 Å². The van der Waals surface area contributed by atoms with Crippen LogP contribution in [0.5, 0.6) is 5.75 Å². The molecule has 1 aromatic carbocycles. The zero-order valence-corrected chi connectivity index (χ0v) is 10.9. The Morgan fingerprint density at radius 2 is 2.16 bits per heavy atom. The first-order valence-corrected chi connectivity index (χ1v) is 5.91. The normalized spacial score (nSPS) is 9.84. The molecule has 0 aliphatic heterocycles. The summed E-state index contributed by atoms with van der Waals surface area (Å²) < 4.78 is 10.3. The fourth-order valence-corrected chi connectivity index (χ4v) is 1.57. The number of ether oxygens (including phenoxy) is 1. The minimum absolute atomic E-state index is 0.337. The van der Waals surface area contributed by atoms with E-state index in [1.54, 1.807) is 0 Å². The maximum atomic E-state index is 5.69. The van der Waals surface area contributed by atoms with Gasteiger partial charge in [-0.3, -0.25) is 0 Å². The van der Waals surface area contributed by atoms with Gasteiger partial charge in [-0.05, 0) is 37.6 Å². The monoisotopic (exact) mass is 257 g/mol. The van der Waals surface area contributed by atoms with E-state index >= 15 is 0 Å². The quantitative estimate of drug-likeness (QED) is 0.845. The van der Waals surface area contributed by atoms with Crippen LogP contribution in [0.25, 0.3) is 0 Å². The minimum atomic E-state index is 0.337. The highest BCUT2D eigenvalue weighted by Crippen LogP contribution is 2.20. The van der Waals surface area contributed by atoms with E-state index in [2.05, 4.69) is 26.8 Å². The van der Waals surface area contributed by atoms with Crippen molar-refractivity contribution in [1.29, 1.82) is 0 Å². The fourth-order valence-electron chi connectivity index (χ4n) is 1.57. The molecule has 5 heteroatoms. The number of nitrogens with zero attached hydrogens (tertiary/aromatic N) is 2. The molecule has 0 atom stereocenters. The van der Waals surface area contributed by atoms with Crippen LogP contribution >= 0.6 is 0 Å². The second-order valence-electron chi connectivity index (χ2n) is 4.07. The van der Waals surface area contributed by atoms with Gasteiger partial charge in [0.1, 0.15) is 23.7 Å². The first-order chi connectivity index (χ1) is 9.20. The highest BCUT2D eigenvalue weighted by Gasteiger charge is 2.07. The third-order valence-electron chi connectivity index (χ3n) is 2.62. The molecule has 0 spiro atoms. The van der Waals surface area contributed by atoms with Crippen molar-refractivity contribution in [2.45, 2.75) is 20.5 Å². The smallest absolute Gasteiger partial charge is 0.145 e. The lowest BCUT2D eigenvalue weighted by Gasteiger charge is -2.07. The zero-order chi connectivity index (χ0) is 13.7. The van der Waals surface area contributed by atoms with E-state index in [4.69, 9.17) is 10.5 Å². The summed E-state index contributed by atoms with van der Waals surface area (Å²) in [6, 6.07) is 5.75. The highest BCUT2D eigenvalue weighted by molar-refractivity contribution is 5.43. The number of aryl methyl sites for hydroxylation is 2. The predicted octanol–water partition coefficient (Wildman–Crippen LogP) is 1.58. The Labute approximate surface area is 111 Å². The van der Waals surface area contributed by atoms with E-state index in [1.807, 2.05) is 32.0 Å². The van der Waals surface area contributed by atoms with Crippen molar-refractivity contribution in [2.75, 3.05) is 6.54 Å². The summed E-state index contributed by atoms with van der Waals surface area (Å²) >= 11 is 0. The molecule has 0 saturated carbocycles. The Bertz CT molecular complexity index is 623. The van der Waals surface area contributed by atoms with E-state index in [0.717, 1.165) is 22.6 Å². The van der Waals surface area contributed by atoms with Gasteiger partial charge in [-0.1, -0.05) is 22.2 Å². The van der Waals surface area contributed by atoms with Gasteiger partial charge in [0, 0.05) is 5.56 Å². The zero-order valence-electron chi connectivity index (χ0n) is 10.9. The molecule has 0 bridgehead atoms. The van der Waals surface area contributed by atoms with Gasteiger partial charge in [-0.25, -0.2) is 4.63 Å². The SMILES string of the molecule is Cc1cc(C#CCN)ccc1OCc1nonc1C. The lowest BCUT2D eigenvalue weighted by atomic mass is 10.1. The topological polar surface area (TPSA) is 74.2 Å². The van der Waals surface area contributed by atoms with Crippen LogP contribution in [0.4, 0.5) is 0 Å². The summed E-state index contributed by atoms with van der Waals surface area (Å²) in [7, 11) is 0. The molecule has 0 fully saturated rings. The van der Waals surface area contributed by atoms with Crippen molar-refractivity contribution in [3.63, 3.8) is 0 Å². The van der Waals surface area contributed by atoms with Crippen molar-refractivity contribution in [2.24, 2.45) is 5.73 Å². The Hall–Kier alpha value is -2.32. The number of hydrogen-bond acceptors (Lipinski definition) is 5. The third kappa shape index (κ3) is 3.33. The average molecular weight is 257 g/mol. The molecule has 0 saturated heterocycles. The Kier molecular flexibility index (Phi) is 4.16. The number of nitrogens with two attached hydrogens (primary N) is 1. The Morgan fingerprint density at radius 1 is 1.32 bits per heavy atom. The molecule has 5 nitrogen and oxygen atoms in total. The molecule has 0 radical (unpaired) electrons. The number of benzene rings is 1. The molecule has 1 aromatic heterocycles. The summed E-state index contributed by atoms with van der Waals surface area (Å²) in [5.41, 5.74) is 8.72. The first kappa shape index (κ1) is 13.1. The Balaban J connectivity index is 2.07. The predicted molar refractivity (Wildman–Crippen MR) is 70.5 cm³/mol. The second-order valence-corrected chi connectivity index (χ2v) is 4.07. The number of aromatic nitrogens is 2. The van der Waals surface area contributed by atoms with Crippen LogP contribution in [0.2, 0.25) is 0 Å². The van der Waals surface area contributed by atoms with Crippen LogP contribution in [-0.4, -0.2) is 16.9 Å². The first-order valence-electron chi connectivity index (χ1n) is 5.91. The standard InChI is InChI=1S/C14H15N3O2/c1-10-8-12(4-3-7-15)5-6-14(10)18-9-13-11(2)16-19-17-13/h5-6,8H,7,9,15H2,1-2H3. The van der Waals surface area contributed by atoms with Crippen LogP contribution in [0.1, 0.15) is 22.5 Å². The van der Waals surface area contributed by atoms with Crippen LogP contribution in [0.3, 0.4) is 0 Å². The average Bonchev–Trinajstić information content (AvgIpc) is 2.81. The van der Waals surface area contributed by atoms with Crippen LogP contribution in [0, 0.1) is 25.7 Å². The fraction of sp³-hybridized carbons (Fsp3) is 0.286. The van der Waals surface area contributed by atoms with E-state index in [-0.39, 0.29) is 0 Å². The molecule has 2 aromatic rings.